The van der Waals surface area contributed by atoms with Gasteiger partial charge in [-0.15, -0.1) is 0 Å². The Kier molecular flexibility index (Phi) is 4.29. The molecule has 0 saturated carbocycles. The number of rotatable bonds is 2. The van der Waals surface area contributed by atoms with Crippen LogP contribution in [0.2, 0.25) is 0 Å². The van der Waals surface area contributed by atoms with E-state index in [2.05, 4.69) is 0 Å². The van der Waals surface area contributed by atoms with Crippen molar-refractivity contribution in [2.45, 2.75) is 19.0 Å². The first-order valence-electron chi connectivity index (χ1n) is 6.26. The maximum absolute atomic E-state index is 13.7. The number of amides is 1. The van der Waals surface area contributed by atoms with Crippen LogP contribution in [0.3, 0.4) is 0 Å². The Morgan fingerprint density at radius 2 is 1.90 bits per heavy atom. The first-order chi connectivity index (χ1) is 9.78. The van der Waals surface area contributed by atoms with E-state index in [4.69, 9.17) is 0 Å². The summed E-state index contributed by atoms with van der Waals surface area (Å²) in [6.45, 7) is -1.79. The van der Waals surface area contributed by atoms with Crippen molar-refractivity contribution in [1.29, 1.82) is 0 Å². The van der Waals surface area contributed by atoms with E-state index < -0.39 is 36.8 Å². The van der Waals surface area contributed by atoms with Gasteiger partial charge in [0, 0.05) is 18.5 Å². The van der Waals surface area contributed by atoms with Gasteiger partial charge in [-0.25, -0.2) is 8.78 Å². The van der Waals surface area contributed by atoms with Crippen LogP contribution in [0.5, 0.6) is 0 Å². The van der Waals surface area contributed by atoms with E-state index in [0.29, 0.717) is 4.90 Å². The lowest BCUT2D eigenvalue weighted by Gasteiger charge is -2.23. The van der Waals surface area contributed by atoms with E-state index >= 15 is 0 Å². The predicted octanol–water partition coefficient (Wildman–Crippen LogP) is 3.53. The third kappa shape index (κ3) is 3.80. The van der Waals surface area contributed by atoms with Crippen LogP contribution in [0.1, 0.15) is 18.4 Å². The van der Waals surface area contributed by atoms with Gasteiger partial charge in [-0.05, 0) is 18.1 Å². The molecular formula is C14H12F5NO. The number of nitrogens with zero attached hydrogens (tertiary/aromatic N) is 1. The molecule has 0 bridgehead atoms. The molecule has 0 unspecified atom stereocenters. The first-order valence-corrected chi connectivity index (χ1v) is 6.26. The molecule has 1 aromatic rings. The minimum Gasteiger partial charge on any atom is -0.329 e. The molecule has 0 spiro atoms. The zero-order valence-corrected chi connectivity index (χ0v) is 10.9. The standard InChI is InChI=1S/C14H12F5NO/c15-11-5-2-4-10(13(11)16)9-3-1-6-12(21)20(7-9)8-14(17,18)19/h2-5H,1,6-8H2. The fourth-order valence-electron chi connectivity index (χ4n) is 2.19. The fraction of sp³-hybridized carbons (Fsp3) is 0.357. The normalized spacial score (nSPS) is 16.7. The van der Waals surface area contributed by atoms with Crippen molar-refractivity contribution < 1.29 is 26.7 Å². The van der Waals surface area contributed by atoms with Gasteiger partial charge in [0.25, 0.3) is 0 Å². The van der Waals surface area contributed by atoms with E-state index in [9.17, 15) is 26.7 Å². The second-order valence-corrected chi connectivity index (χ2v) is 4.73. The highest BCUT2D eigenvalue weighted by Crippen LogP contribution is 2.27. The minimum atomic E-state index is -4.54. The number of carbonyl (C=O) groups is 1. The highest BCUT2D eigenvalue weighted by Gasteiger charge is 2.34. The zero-order chi connectivity index (χ0) is 15.6. The largest absolute Gasteiger partial charge is 0.406 e. The number of allylic oxidation sites excluding steroid dienone is 1. The van der Waals surface area contributed by atoms with Crippen molar-refractivity contribution in [2.24, 2.45) is 0 Å². The number of carbonyl (C=O) groups excluding carboxylic acids is 1. The molecule has 0 atom stereocenters. The maximum Gasteiger partial charge on any atom is 0.406 e. The average Bonchev–Trinajstić information content (AvgIpc) is 2.54. The predicted molar refractivity (Wildman–Crippen MR) is 66.2 cm³/mol. The minimum absolute atomic E-state index is 0.0868. The van der Waals surface area contributed by atoms with Gasteiger partial charge in [-0.2, -0.15) is 13.2 Å². The lowest BCUT2D eigenvalue weighted by molar-refractivity contribution is -0.159. The Morgan fingerprint density at radius 1 is 1.19 bits per heavy atom. The van der Waals surface area contributed by atoms with Crippen molar-refractivity contribution in [3.8, 4) is 0 Å². The summed E-state index contributed by atoms with van der Waals surface area (Å²) in [6, 6.07) is 3.48. The average molecular weight is 305 g/mol. The summed E-state index contributed by atoms with van der Waals surface area (Å²) in [5, 5.41) is 0. The van der Waals surface area contributed by atoms with Crippen molar-refractivity contribution in [2.75, 3.05) is 13.1 Å². The molecule has 114 valence electrons. The molecule has 2 nitrogen and oxygen atoms in total. The smallest absolute Gasteiger partial charge is 0.329 e. The van der Waals surface area contributed by atoms with Crippen LogP contribution < -0.4 is 0 Å². The van der Waals surface area contributed by atoms with Gasteiger partial charge in [0.2, 0.25) is 5.91 Å². The van der Waals surface area contributed by atoms with E-state index in [0.717, 1.165) is 6.07 Å². The van der Waals surface area contributed by atoms with Gasteiger partial charge in [-0.1, -0.05) is 18.2 Å². The van der Waals surface area contributed by atoms with Crippen LogP contribution in [0.4, 0.5) is 22.0 Å². The SMILES string of the molecule is O=C1CCC=C(c2cccc(F)c2F)CN1CC(F)(F)F. The summed E-state index contributed by atoms with van der Waals surface area (Å²) < 4.78 is 64.4. The lowest BCUT2D eigenvalue weighted by atomic mass is 10.0. The highest BCUT2D eigenvalue weighted by molar-refractivity contribution is 5.81. The van der Waals surface area contributed by atoms with Gasteiger partial charge >= 0.3 is 6.18 Å². The van der Waals surface area contributed by atoms with Crippen molar-refractivity contribution in [1.82, 2.24) is 4.90 Å². The third-order valence-electron chi connectivity index (χ3n) is 3.13. The van der Waals surface area contributed by atoms with E-state index in [1.165, 1.54) is 18.2 Å². The summed E-state index contributed by atoms with van der Waals surface area (Å²) in [5.74, 6) is -2.85. The molecule has 0 fully saturated rings. The number of benzene rings is 1. The molecule has 0 N–H and O–H groups in total. The number of hydrogen-bond donors (Lipinski definition) is 0. The molecule has 0 aliphatic carbocycles. The molecular weight excluding hydrogens is 293 g/mol. The van der Waals surface area contributed by atoms with Crippen LogP contribution in [0.25, 0.3) is 5.57 Å². The van der Waals surface area contributed by atoms with E-state index in [1.807, 2.05) is 0 Å². The quantitative estimate of drug-likeness (QED) is 0.765. The Hall–Kier alpha value is -1.92. The third-order valence-corrected chi connectivity index (χ3v) is 3.13. The lowest BCUT2D eigenvalue weighted by Crippen LogP contribution is -2.39. The summed E-state index contributed by atoms with van der Waals surface area (Å²) in [5.41, 5.74) is 0.0685. The van der Waals surface area contributed by atoms with Crippen LogP contribution in [0, 0.1) is 11.6 Å². The van der Waals surface area contributed by atoms with E-state index in [-0.39, 0.29) is 24.0 Å². The molecule has 7 heteroatoms. The Morgan fingerprint density at radius 3 is 2.57 bits per heavy atom. The second-order valence-electron chi connectivity index (χ2n) is 4.73. The topological polar surface area (TPSA) is 20.3 Å². The van der Waals surface area contributed by atoms with Gasteiger partial charge in [0.15, 0.2) is 11.6 Å². The van der Waals surface area contributed by atoms with E-state index in [1.54, 1.807) is 0 Å². The second kappa shape index (κ2) is 5.83. The van der Waals surface area contributed by atoms with Crippen molar-refractivity contribution >= 4 is 11.5 Å². The molecule has 1 aliphatic rings. The molecule has 0 radical (unpaired) electrons. The molecule has 1 aromatic carbocycles. The molecule has 1 aliphatic heterocycles. The van der Waals surface area contributed by atoms with Gasteiger partial charge in [0.1, 0.15) is 6.54 Å². The van der Waals surface area contributed by atoms with Crippen LogP contribution in [-0.4, -0.2) is 30.1 Å². The van der Waals surface area contributed by atoms with Crippen LogP contribution in [0.15, 0.2) is 24.3 Å². The monoisotopic (exact) mass is 305 g/mol. The molecule has 2 rings (SSSR count). The summed E-state index contributed by atoms with van der Waals surface area (Å²) in [6.07, 6.45) is -2.95. The zero-order valence-electron chi connectivity index (χ0n) is 10.9. The Balaban J connectivity index is 2.30. The van der Waals surface area contributed by atoms with Crippen molar-refractivity contribution in [3.05, 3.63) is 41.5 Å². The summed E-state index contributed by atoms with van der Waals surface area (Å²) >= 11 is 0. The van der Waals surface area contributed by atoms with Crippen molar-refractivity contribution in [3.63, 3.8) is 0 Å². The van der Waals surface area contributed by atoms with Gasteiger partial charge in [0.05, 0.1) is 0 Å². The van der Waals surface area contributed by atoms with Gasteiger partial charge in [-0.3, -0.25) is 4.79 Å². The number of alkyl halides is 3. The molecule has 1 heterocycles. The number of halogens is 5. The fourth-order valence-corrected chi connectivity index (χ4v) is 2.19. The van der Waals surface area contributed by atoms with Crippen LogP contribution >= 0.6 is 0 Å². The summed E-state index contributed by atoms with van der Waals surface area (Å²) in [4.78, 5) is 12.3. The molecule has 0 saturated heterocycles. The highest BCUT2D eigenvalue weighted by atomic mass is 19.4. The Labute approximate surface area is 117 Å². The Bertz CT molecular complexity index is 579. The molecule has 1 amide bonds. The molecule has 21 heavy (non-hydrogen) atoms. The maximum atomic E-state index is 13.7. The van der Waals surface area contributed by atoms with Gasteiger partial charge < -0.3 is 4.90 Å². The first kappa shape index (κ1) is 15.5. The van der Waals surface area contributed by atoms with Crippen LogP contribution in [-0.2, 0) is 4.79 Å². The summed E-state index contributed by atoms with van der Waals surface area (Å²) in [7, 11) is 0. The molecule has 0 aromatic heterocycles. The number of hydrogen-bond acceptors (Lipinski definition) is 1.